The third-order valence-electron chi connectivity index (χ3n) is 4.64. The number of amides is 2. The van der Waals surface area contributed by atoms with Gasteiger partial charge in [-0.1, -0.05) is 0 Å². The molecule has 0 radical (unpaired) electrons. The summed E-state index contributed by atoms with van der Waals surface area (Å²) in [5, 5.41) is 6.00. The van der Waals surface area contributed by atoms with Gasteiger partial charge in [-0.2, -0.15) is 0 Å². The summed E-state index contributed by atoms with van der Waals surface area (Å²) < 4.78 is 4.99. The Balaban J connectivity index is 1.46. The van der Waals surface area contributed by atoms with Gasteiger partial charge in [0.1, 0.15) is 0 Å². The van der Waals surface area contributed by atoms with E-state index in [1.807, 2.05) is 13.8 Å². The molecular weight excluding hydrogens is 340 g/mol. The standard InChI is InChI=1S/C17H22N4O3S/c1-10(15-11(2)25-9-19-15)20-16(22)12-3-5-13(6-4-12)21-17(23)14-7-18-8-24-14/h7-10,12-13H,3-6H2,1-2H3,(H,20,22)(H,21,23). The van der Waals surface area contributed by atoms with Crippen LogP contribution in [0.15, 0.2) is 22.5 Å². The fourth-order valence-corrected chi connectivity index (χ4v) is 3.89. The van der Waals surface area contributed by atoms with Crippen molar-refractivity contribution in [2.75, 3.05) is 0 Å². The van der Waals surface area contributed by atoms with Crippen LogP contribution >= 0.6 is 11.3 Å². The van der Waals surface area contributed by atoms with Crippen molar-refractivity contribution in [3.05, 3.63) is 34.4 Å². The third kappa shape index (κ3) is 4.25. The molecule has 1 fully saturated rings. The van der Waals surface area contributed by atoms with Crippen molar-refractivity contribution in [1.82, 2.24) is 20.6 Å². The molecule has 8 heteroatoms. The van der Waals surface area contributed by atoms with Crippen LogP contribution < -0.4 is 10.6 Å². The molecule has 2 aromatic rings. The molecule has 0 saturated heterocycles. The first-order chi connectivity index (χ1) is 12.0. The zero-order valence-electron chi connectivity index (χ0n) is 14.3. The summed E-state index contributed by atoms with van der Waals surface area (Å²) in [6, 6.07) is -0.0116. The number of nitrogens with one attached hydrogen (secondary N) is 2. The number of nitrogens with zero attached hydrogens (tertiary/aromatic N) is 2. The Labute approximate surface area is 150 Å². The number of hydrogen-bond donors (Lipinski definition) is 2. The summed E-state index contributed by atoms with van der Waals surface area (Å²) in [5.74, 6) is 0.0186. The molecule has 1 aliphatic rings. The first-order valence-corrected chi connectivity index (χ1v) is 9.32. The molecule has 0 aromatic carbocycles. The summed E-state index contributed by atoms with van der Waals surface area (Å²) >= 11 is 1.59. The summed E-state index contributed by atoms with van der Waals surface area (Å²) in [7, 11) is 0. The topological polar surface area (TPSA) is 97.1 Å². The number of rotatable bonds is 5. The summed E-state index contributed by atoms with van der Waals surface area (Å²) in [4.78, 5) is 33.7. The summed E-state index contributed by atoms with van der Waals surface area (Å²) in [5.41, 5.74) is 2.74. The Morgan fingerprint density at radius 3 is 2.68 bits per heavy atom. The number of aryl methyl sites for hydroxylation is 1. The second kappa shape index (κ2) is 7.77. The van der Waals surface area contributed by atoms with Crippen molar-refractivity contribution in [3.63, 3.8) is 0 Å². The van der Waals surface area contributed by atoms with Crippen molar-refractivity contribution in [3.8, 4) is 0 Å². The number of thiazole rings is 1. The minimum atomic E-state index is -0.252. The quantitative estimate of drug-likeness (QED) is 0.852. The minimum absolute atomic E-state index is 0.0141. The Bertz CT molecular complexity index is 720. The van der Waals surface area contributed by atoms with Gasteiger partial charge in [0.2, 0.25) is 11.7 Å². The minimum Gasteiger partial charge on any atom is -0.438 e. The second-order valence-corrected chi connectivity index (χ2v) is 7.47. The number of oxazole rings is 1. The lowest BCUT2D eigenvalue weighted by Gasteiger charge is -2.29. The van der Waals surface area contributed by atoms with Crippen LogP contribution in [0.25, 0.3) is 0 Å². The Morgan fingerprint density at radius 1 is 1.32 bits per heavy atom. The maximum Gasteiger partial charge on any atom is 0.288 e. The van der Waals surface area contributed by atoms with Gasteiger partial charge in [-0.15, -0.1) is 11.3 Å². The third-order valence-corrected chi connectivity index (χ3v) is 5.41. The smallest absolute Gasteiger partial charge is 0.288 e. The van der Waals surface area contributed by atoms with Crippen LogP contribution in [0.1, 0.15) is 59.8 Å². The average molecular weight is 362 g/mol. The highest BCUT2D eigenvalue weighted by molar-refractivity contribution is 7.09. The van der Waals surface area contributed by atoms with Gasteiger partial charge in [0, 0.05) is 16.8 Å². The maximum absolute atomic E-state index is 12.5. The van der Waals surface area contributed by atoms with Crippen LogP contribution in [0.2, 0.25) is 0 Å². The van der Waals surface area contributed by atoms with E-state index in [1.54, 1.807) is 16.8 Å². The van der Waals surface area contributed by atoms with Gasteiger partial charge < -0.3 is 15.1 Å². The molecule has 3 rings (SSSR count). The number of carbonyl (C=O) groups excluding carboxylic acids is 2. The van der Waals surface area contributed by atoms with Gasteiger partial charge in [-0.05, 0) is 39.5 Å². The zero-order valence-corrected chi connectivity index (χ0v) is 15.1. The molecule has 134 valence electrons. The van der Waals surface area contributed by atoms with Crippen molar-refractivity contribution >= 4 is 23.2 Å². The van der Waals surface area contributed by atoms with E-state index in [-0.39, 0.29) is 35.6 Å². The first-order valence-electron chi connectivity index (χ1n) is 8.44. The predicted molar refractivity (Wildman–Crippen MR) is 93.1 cm³/mol. The fraction of sp³-hybridized carbons (Fsp3) is 0.529. The average Bonchev–Trinajstić information content (AvgIpc) is 3.26. The lowest BCUT2D eigenvalue weighted by molar-refractivity contribution is -0.126. The molecule has 2 aromatic heterocycles. The predicted octanol–water partition coefficient (Wildman–Crippen LogP) is 2.61. The van der Waals surface area contributed by atoms with Gasteiger partial charge in [0.25, 0.3) is 5.91 Å². The van der Waals surface area contributed by atoms with E-state index in [4.69, 9.17) is 4.42 Å². The van der Waals surface area contributed by atoms with Crippen LogP contribution in [0.3, 0.4) is 0 Å². The van der Waals surface area contributed by atoms with Gasteiger partial charge in [0.15, 0.2) is 6.39 Å². The summed E-state index contributed by atoms with van der Waals surface area (Å²) in [6.45, 7) is 3.97. The summed E-state index contributed by atoms with van der Waals surface area (Å²) in [6.07, 6.45) is 5.72. The zero-order chi connectivity index (χ0) is 17.8. The SMILES string of the molecule is Cc1scnc1C(C)NC(=O)C1CCC(NC(=O)c2cnco2)CC1. The van der Waals surface area contributed by atoms with E-state index < -0.39 is 0 Å². The lowest BCUT2D eigenvalue weighted by atomic mass is 9.85. The van der Waals surface area contributed by atoms with Crippen LogP contribution in [-0.2, 0) is 4.79 Å². The van der Waals surface area contributed by atoms with Gasteiger partial charge in [-0.3, -0.25) is 9.59 Å². The van der Waals surface area contributed by atoms with Gasteiger partial charge >= 0.3 is 0 Å². The molecule has 0 spiro atoms. The fourth-order valence-electron chi connectivity index (χ4n) is 3.21. The molecule has 1 atom stereocenters. The Kier molecular flexibility index (Phi) is 5.47. The van der Waals surface area contributed by atoms with Crippen LogP contribution in [0, 0.1) is 12.8 Å². The molecule has 0 aliphatic heterocycles. The molecular formula is C17H22N4O3S. The molecule has 1 unspecified atom stereocenters. The number of carbonyl (C=O) groups is 2. The molecule has 2 heterocycles. The number of aromatic nitrogens is 2. The Morgan fingerprint density at radius 2 is 2.08 bits per heavy atom. The van der Waals surface area contributed by atoms with Crippen molar-refractivity contribution < 1.29 is 14.0 Å². The van der Waals surface area contributed by atoms with Crippen LogP contribution in [0.5, 0.6) is 0 Å². The van der Waals surface area contributed by atoms with Gasteiger partial charge in [-0.25, -0.2) is 9.97 Å². The normalized spacial score (nSPS) is 21.5. The highest BCUT2D eigenvalue weighted by Crippen LogP contribution is 2.26. The molecule has 7 nitrogen and oxygen atoms in total. The van der Waals surface area contributed by atoms with Crippen molar-refractivity contribution in [2.24, 2.45) is 5.92 Å². The van der Waals surface area contributed by atoms with Gasteiger partial charge in [0.05, 0.1) is 23.4 Å². The van der Waals surface area contributed by atoms with E-state index in [1.165, 1.54) is 12.6 Å². The molecule has 2 N–H and O–H groups in total. The maximum atomic E-state index is 12.5. The van der Waals surface area contributed by atoms with E-state index >= 15 is 0 Å². The second-order valence-electron chi connectivity index (χ2n) is 6.41. The number of hydrogen-bond acceptors (Lipinski definition) is 6. The molecule has 1 saturated carbocycles. The molecule has 1 aliphatic carbocycles. The van der Waals surface area contributed by atoms with Crippen LogP contribution in [-0.4, -0.2) is 27.8 Å². The Hall–Kier alpha value is -2.22. The molecule has 25 heavy (non-hydrogen) atoms. The lowest BCUT2D eigenvalue weighted by Crippen LogP contribution is -2.41. The van der Waals surface area contributed by atoms with E-state index in [2.05, 4.69) is 20.6 Å². The highest BCUT2D eigenvalue weighted by atomic mass is 32.1. The molecule has 0 bridgehead atoms. The first kappa shape index (κ1) is 17.6. The largest absolute Gasteiger partial charge is 0.438 e. The van der Waals surface area contributed by atoms with E-state index in [0.717, 1.165) is 36.3 Å². The van der Waals surface area contributed by atoms with E-state index in [0.29, 0.717) is 0 Å². The van der Waals surface area contributed by atoms with E-state index in [9.17, 15) is 9.59 Å². The monoisotopic (exact) mass is 362 g/mol. The highest BCUT2D eigenvalue weighted by Gasteiger charge is 2.28. The molecule has 2 amide bonds. The van der Waals surface area contributed by atoms with Crippen molar-refractivity contribution in [2.45, 2.75) is 51.6 Å². The van der Waals surface area contributed by atoms with Crippen LogP contribution in [0.4, 0.5) is 0 Å². The van der Waals surface area contributed by atoms with Crippen molar-refractivity contribution in [1.29, 1.82) is 0 Å².